The first-order chi connectivity index (χ1) is 13.0. The van der Waals surface area contributed by atoms with Crippen LogP contribution >= 0.6 is 0 Å². The van der Waals surface area contributed by atoms with Crippen LogP contribution in [0.5, 0.6) is 5.75 Å². The minimum absolute atomic E-state index is 0.0517. The van der Waals surface area contributed by atoms with Crippen LogP contribution < -0.4 is 10.1 Å². The summed E-state index contributed by atoms with van der Waals surface area (Å²) in [7, 11) is -2.13. The van der Waals surface area contributed by atoms with Gasteiger partial charge in [-0.25, -0.2) is 8.42 Å². The lowest BCUT2D eigenvalue weighted by atomic mass is 10.3. The highest BCUT2D eigenvalue weighted by atomic mass is 32.2. The number of hydrogen-bond acceptors (Lipinski definition) is 9. The maximum Gasteiger partial charge on any atom is 0.322 e. The fourth-order valence-electron chi connectivity index (χ4n) is 2.16. The van der Waals surface area contributed by atoms with Crippen molar-refractivity contribution in [1.82, 2.24) is 10.2 Å². The molecule has 1 aromatic heterocycles. The predicted octanol–water partition coefficient (Wildman–Crippen LogP) is 1.23. The van der Waals surface area contributed by atoms with Crippen LogP contribution in [0.4, 0.5) is 6.01 Å². The number of nitrogens with one attached hydrogen (secondary N) is 1. The maximum atomic E-state index is 12.3. The molecule has 2 heterocycles. The van der Waals surface area contributed by atoms with E-state index in [2.05, 4.69) is 15.5 Å². The second-order valence-corrected chi connectivity index (χ2v) is 7.52. The van der Waals surface area contributed by atoms with Gasteiger partial charge in [0.2, 0.25) is 11.7 Å². The van der Waals surface area contributed by atoms with E-state index in [0.29, 0.717) is 19.0 Å². The lowest BCUT2D eigenvalue weighted by Crippen LogP contribution is -2.17. The van der Waals surface area contributed by atoms with Crippen molar-refractivity contribution in [3.8, 4) is 5.75 Å². The number of amides is 1. The highest BCUT2D eigenvalue weighted by molar-refractivity contribution is 7.91. The second-order valence-electron chi connectivity index (χ2n) is 5.41. The Morgan fingerprint density at radius 2 is 2.00 bits per heavy atom. The van der Waals surface area contributed by atoms with Gasteiger partial charge in [0.15, 0.2) is 9.84 Å². The van der Waals surface area contributed by atoms with Crippen molar-refractivity contribution in [1.29, 1.82) is 0 Å². The zero-order valence-electron chi connectivity index (χ0n) is 14.4. The van der Waals surface area contributed by atoms with E-state index in [1.54, 1.807) is 12.1 Å². The summed E-state index contributed by atoms with van der Waals surface area (Å²) < 4.78 is 45.2. The molecule has 0 fully saturated rings. The van der Waals surface area contributed by atoms with Crippen molar-refractivity contribution in [2.24, 2.45) is 0 Å². The molecule has 0 saturated carbocycles. The van der Waals surface area contributed by atoms with Crippen LogP contribution in [0.25, 0.3) is 5.76 Å². The third-order valence-corrected chi connectivity index (χ3v) is 5.28. The number of anilines is 1. The Hall–Kier alpha value is -3.08. The normalized spacial score (nSPS) is 13.9. The number of benzene rings is 1. The molecule has 11 heteroatoms. The van der Waals surface area contributed by atoms with Crippen LogP contribution in [0.1, 0.15) is 12.3 Å². The monoisotopic (exact) mass is 395 g/mol. The molecular formula is C16H17N3O7S. The van der Waals surface area contributed by atoms with Crippen molar-refractivity contribution < 1.29 is 31.8 Å². The van der Waals surface area contributed by atoms with Gasteiger partial charge in [-0.3, -0.25) is 10.1 Å². The summed E-state index contributed by atoms with van der Waals surface area (Å²) in [5.74, 6) is -0.0838. The smallest absolute Gasteiger partial charge is 0.322 e. The number of nitrogens with zero attached hydrogens (tertiary/aromatic N) is 2. The Balaban J connectivity index is 1.56. The van der Waals surface area contributed by atoms with E-state index in [0.717, 1.165) is 0 Å². The van der Waals surface area contributed by atoms with Gasteiger partial charge >= 0.3 is 6.01 Å². The summed E-state index contributed by atoms with van der Waals surface area (Å²) in [5, 5.41) is 9.75. The SMILES string of the molecule is COc1ccc(S(=O)(=O)CCC(=O)Nc2nnc(C3=COCCO3)o2)cc1. The summed E-state index contributed by atoms with van der Waals surface area (Å²) in [6.07, 6.45) is 1.07. The van der Waals surface area contributed by atoms with E-state index in [-0.39, 0.29) is 34.7 Å². The Morgan fingerprint density at radius 1 is 1.22 bits per heavy atom. The molecule has 2 aromatic rings. The van der Waals surface area contributed by atoms with E-state index >= 15 is 0 Å². The summed E-state index contributed by atoms with van der Waals surface area (Å²) >= 11 is 0. The molecule has 27 heavy (non-hydrogen) atoms. The van der Waals surface area contributed by atoms with Crippen LogP contribution in [0.15, 0.2) is 39.8 Å². The summed E-state index contributed by atoms with van der Waals surface area (Å²) in [6, 6.07) is 5.77. The van der Waals surface area contributed by atoms with Gasteiger partial charge in [-0.05, 0) is 24.3 Å². The molecule has 0 saturated heterocycles. The average Bonchev–Trinajstić information content (AvgIpc) is 3.16. The van der Waals surface area contributed by atoms with Crippen molar-refractivity contribution in [2.45, 2.75) is 11.3 Å². The maximum absolute atomic E-state index is 12.3. The van der Waals surface area contributed by atoms with Crippen LogP contribution in [-0.2, 0) is 24.1 Å². The fraction of sp³-hybridized carbons (Fsp3) is 0.312. The Labute approximate surface area is 155 Å². The third-order valence-electron chi connectivity index (χ3n) is 3.55. The van der Waals surface area contributed by atoms with Crippen LogP contribution in [0.3, 0.4) is 0 Å². The molecule has 1 amide bonds. The van der Waals surface area contributed by atoms with Crippen molar-refractivity contribution in [3.05, 3.63) is 36.4 Å². The number of carbonyl (C=O) groups is 1. The molecule has 1 aliphatic rings. The third kappa shape index (κ3) is 4.76. The molecular weight excluding hydrogens is 378 g/mol. The predicted molar refractivity (Wildman–Crippen MR) is 92.5 cm³/mol. The first-order valence-corrected chi connectivity index (χ1v) is 9.58. The molecule has 0 atom stereocenters. The molecule has 10 nitrogen and oxygen atoms in total. The van der Waals surface area contributed by atoms with E-state index in [1.807, 2.05) is 0 Å². The number of ether oxygens (including phenoxy) is 3. The lowest BCUT2D eigenvalue weighted by molar-refractivity contribution is -0.116. The summed E-state index contributed by atoms with van der Waals surface area (Å²) in [4.78, 5) is 12.1. The molecule has 0 bridgehead atoms. The van der Waals surface area contributed by atoms with E-state index in [4.69, 9.17) is 18.6 Å². The Kier molecular flexibility index (Phi) is 5.60. The van der Waals surface area contributed by atoms with Gasteiger partial charge < -0.3 is 18.6 Å². The quantitative estimate of drug-likeness (QED) is 0.735. The molecule has 1 aliphatic heterocycles. The summed E-state index contributed by atoms with van der Waals surface area (Å²) in [5.41, 5.74) is 0. The molecule has 144 valence electrons. The van der Waals surface area contributed by atoms with Gasteiger partial charge in [0, 0.05) is 6.42 Å². The minimum atomic E-state index is -3.61. The van der Waals surface area contributed by atoms with Crippen LogP contribution in [0.2, 0.25) is 0 Å². The van der Waals surface area contributed by atoms with Gasteiger partial charge in [-0.15, -0.1) is 5.10 Å². The zero-order valence-corrected chi connectivity index (χ0v) is 15.2. The molecule has 0 aliphatic carbocycles. The van der Waals surface area contributed by atoms with Gasteiger partial charge in [0.25, 0.3) is 5.89 Å². The standard InChI is InChI=1S/C16H17N3O7S/c1-23-11-2-4-12(5-3-11)27(21,22)9-6-14(20)17-16-19-18-15(26-16)13-10-24-7-8-25-13/h2-5,10H,6-9H2,1H3,(H,17,19,20). The van der Waals surface area contributed by atoms with Crippen molar-refractivity contribution in [3.63, 3.8) is 0 Å². The van der Waals surface area contributed by atoms with Gasteiger partial charge in [0.1, 0.15) is 25.2 Å². The van der Waals surface area contributed by atoms with E-state index in [9.17, 15) is 13.2 Å². The first kappa shape index (κ1) is 18.7. The number of rotatable bonds is 7. The number of sulfone groups is 1. The Morgan fingerprint density at radius 3 is 2.67 bits per heavy atom. The fourth-order valence-corrected chi connectivity index (χ4v) is 3.40. The molecule has 3 rings (SSSR count). The molecule has 1 aromatic carbocycles. The largest absolute Gasteiger partial charge is 0.497 e. The van der Waals surface area contributed by atoms with Gasteiger partial charge in [0.05, 0.1) is 17.8 Å². The molecule has 1 N–H and O–H groups in total. The van der Waals surface area contributed by atoms with Gasteiger partial charge in [-0.1, -0.05) is 5.10 Å². The zero-order chi connectivity index (χ0) is 19.3. The molecule has 0 spiro atoms. The second kappa shape index (κ2) is 8.08. The minimum Gasteiger partial charge on any atom is -0.497 e. The first-order valence-electron chi connectivity index (χ1n) is 7.93. The number of carbonyl (C=O) groups excluding carboxylic acids is 1. The van der Waals surface area contributed by atoms with Gasteiger partial charge in [-0.2, -0.15) is 0 Å². The van der Waals surface area contributed by atoms with Crippen LogP contribution in [-0.4, -0.2) is 50.6 Å². The molecule has 0 radical (unpaired) electrons. The van der Waals surface area contributed by atoms with Crippen molar-refractivity contribution in [2.75, 3.05) is 31.4 Å². The number of methoxy groups -OCH3 is 1. The van der Waals surface area contributed by atoms with Crippen molar-refractivity contribution >= 4 is 27.5 Å². The van der Waals surface area contributed by atoms with E-state index in [1.165, 1.54) is 25.5 Å². The topological polar surface area (TPSA) is 130 Å². The van der Waals surface area contributed by atoms with E-state index < -0.39 is 15.7 Å². The highest BCUT2D eigenvalue weighted by Gasteiger charge is 2.19. The number of hydrogen-bond donors (Lipinski definition) is 1. The average molecular weight is 395 g/mol. The number of aromatic nitrogens is 2. The molecule has 0 unspecified atom stereocenters. The van der Waals surface area contributed by atoms with Crippen LogP contribution in [0, 0.1) is 0 Å². The lowest BCUT2D eigenvalue weighted by Gasteiger charge is -2.11. The summed E-state index contributed by atoms with van der Waals surface area (Å²) in [6.45, 7) is 0.767. The highest BCUT2D eigenvalue weighted by Crippen LogP contribution is 2.20. The Bertz CT molecular complexity index is 935.